The molecule has 102 valence electrons. The monoisotopic (exact) mass is 306 g/mol. The molecule has 0 radical (unpaired) electrons. The summed E-state index contributed by atoms with van der Waals surface area (Å²) in [4.78, 5) is 13.1. The minimum absolute atomic E-state index is 0.0287. The number of thiophene rings is 1. The molecule has 2 N–H and O–H groups in total. The zero-order chi connectivity index (χ0) is 14.3. The molecule has 20 heavy (non-hydrogen) atoms. The summed E-state index contributed by atoms with van der Waals surface area (Å²) >= 11 is 7.33. The molecule has 4 nitrogen and oxygen atoms in total. The second kappa shape index (κ2) is 4.97. The Kier molecular flexibility index (Phi) is 3.28. The van der Waals surface area contributed by atoms with Crippen LogP contribution in [-0.4, -0.2) is 5.78 Å². The van der Waals surface area contributed by atoms with Gasteiger partial charge in [0.05, 0.1) is 10.3 Å². The molecule has 0 spiro atoms. The lowest BCUT2D eigenvalue weighted by atomic mass is 9.80. The van der Waals surface area contributed by atoms with Gasteiger partial charge in [-0.05, 0) is 18.6 Å². The molecule has 1 aliphatic carbocycles. The Bertz CT molecular complexity index is 696. The van der Waals surface area contributed by atoms with E-state index in [1.165, 1.54) is 11.3 Å². The third-order valence-corrected chi connectivity index (χ3v) is 4.78. The van der Waals surface area contributed by atoms with Crippen LogP contribution >= 0.6 is 22.9 Å². The number of nitrogens with two attached hydrogens (primary N) is 1. The quantitative estimate of drug-likeness (QED) is 0.864. The van der Waals surface area contributed by atoms with E-state index in [0.29, 0.717) is 28.5 Å². The van der Waals surface area contributed by atoms with E-state index >= 15 is 0 Å². The number of halogens is 1. The average Bonchev–Trinajstić information content (AvgIpc) is 2.84. The molecule has 2 aliphatic rings. The molecular formula is C14H11ClN2O2S. The average molecular weight is 307 g/mol. The maximum absolute atomic E-state index is 12.2. The van der Waals surface area contributed by atoms with Crippen LogP contribution < -0.4 is 5.73 Å². The van der Waals surface area contributed by atoms with E-state index in [1.54, 1.807) is 6.07 Å². The lowest BCUT2D eigenvalue weighted by Crippen LogP contribution is -2.26. The summed E-state index contributed by atoms with van der Waals surface area (Å²) in [5.74, 6) is 0.290. The first-order chi connectivity index (χ1) is 9.61. The molecule has 0 unspecified atom stereocenters. The van der Waals surface area contributed by atoms with Gasteiger partial charge in [0.1, 0.15) is 17.4 Å². The van der Waals surface area contributed by atoms with Crippen molar-refractivity contribution < 1.29 is 9.53 Å². The summed E-state index contributed by atoms with van der Waals surface area (Å²) in [6.07, 6.45) is 1.91. The Balaban J connectivity index is 2.18. The molecule has 1 aliphatic heterocycles. The Morgan fingerprint density at radius 3 is 2.90 bits per heavy atom. The first-order valence-electron chi connectivity index (χ1n) is 6.21. The normalized spacial score (nSPS) is 22.4. The van der Waals surface area contributed by atoms with Crippen molar-refractivity contribution in [1.82, 2.24) is 0 Å². The second-order valence-corrected chi connectivity index (χ2v) is 6.43. The highest BCUT2D eigenvalue weighted by molar-refractivity contribution is 7.16. The zero-order valence-electron chi connectivity index (χ0n) is 10.5. The molecule has 2 heterocycles. The van der Waals surface area contributed by atoms with E-state index in [9.17, 15) is 10.1 Å². The number of carbonyl (C=O) groups excluding carboxylic acids is 1. The van der Waals surface area contributed by atoms with Gasteiger partial charge in [-0.25, -0.2) is 0 Å². The largest absolute Gasteiger partial charge is 0.444 e. The van der Waals surface area contributed by atoms with Crippen LogP contribution in [0.25, 0.3) is 0 Å². The lowest BCUT2D eigenvalue weighted by molar-refractivity contribution is -0.116. The van der Waals surface area contributed by atoms with Crippen molar-refractivity contribution in [2.45, 2.75) is 25.2 Å². The van der Waals surface area contributed by atoms with Crippen molar-refractivity contribution in [2.75, 3.05) is 0 Å². The van der Waals surface area contributed by atoms with Gasteiger partial charge in [-0.15, -0.1) is 11.3 Å². The van der Waals surface area contributed by atoms with Crippen molar-refractivity contribution in [1.29, 1.82) is 5.26 Å². The van der Waals surface area contributed by atoms with Gasteiger partial charge in [0.2, 0.25) is 5.88 Å². The van der Waals surface area contributed by atoms with Crippen LogP contribution in [0.2, 0.25) is 4.34 Å². The van der Waals surface area contributed by atoms with Crippen LogP contribution in [0.3, 0.4) is 0 Å². The molecule has 1 atom stereocenters. The highest BCUT2D eigenvalue weighted by atomic mass is 35.5. The number of nitriles is 1. The number of Topliss-reactive ketones (excluding diaryl/α,β-unsaturated/α-hetero) is 1. The second-order valence-electron chi connectivity index (χ2n) is 4.68. The first-order valence-corrected chi connectivity index (χ1v) is 7.40. The third kappa shape index (κ3) is 2.01. The SMILES string of the molecule is N#CC1=C(N)OC2=C(C(=O)CCC2)[C@@H]1c1ccc(Cl)s1. The van der Waals surface area contributed by atoms with E-state index in [1.807, 2.05) is 6.07 Å². The highest BCUT2D eigenvalue weighted by Gasteiger charge is 2.38. The van der Waals surface area contributed by atoms with Gasteiger partial charge >= 0.3 is 0 Å². The van der Waals surface area contributed by atoms with Crippen LogP contribution in [0.1, 0.15) is 30.1 Å². The molecule has 6 heteroatoms. The van der Waals surface area contributed by atoms with Crippen LogP contribution in [0.4, 0.5) is 0 Å². The predicted molar refractivity (Wildman–Crippen MR) is 75.9 cm³/mol. The number of ketones is 1. The predicted octanol–water partition coefficient (Wildman–Crippen LogP) is 3.22. The Hall–Kier alpha value is -1.77. The van der Waals surface area contributed by atoms with Crippen molar-refractivity contribution in [2.24, 2.45) is 5.73 Å². The number of hydrogen-bond acceptors (Lipinski definition) is 5. The number of hydrogen-bond donors (Lipinski definition) is 1. The third-order valence-electron chi connectivity index (χ3n) is 3.48. The van der Waals surface area contributed by atoms with Crippen molar-refractivity contribution in [3.63, 3.8) is 0 Å². The number of rotatable bonds is 1. The van der Waals surface area contributed by atoms with Gasteiger partial charge in [-0.1, -0.05) is 11.6 Å². The zero-order valence-corrected chi connectivity index (χ0v) is 12.1. The van der Waals surface area contributed by atoms with Gasteiger partial charge in [-0.3, -0.25) is 4.79 Å². The first kappa shape index (κ1) is 13.2. The van der Waals surface area contributed by atoms with E-state index in [-0.39, 0.29) is 17.2 Å². The number of allylic oxidation sites excluding steroid dienone is 3. The molecule has 0 saturated heterocycles. The molecule has 0 saturated carbocycles. The van der Waals surface area contributed by atoms with Crippen LogP contribution in [0, 0.1) is 11.3 Å². The standard InChI is InChI=1S/C14H11ClN2O2S/c15-11-5-4-10(20-11)12-7(6-16)14(17)19-9-3-1-2-8(18)13(9)12/h4-5,12H,1-3,17H2/t12-/m0/s1. The van der Waals surface area contributed by atoms with Gasteiger partial charge in [0.15, 0.2) is 5.78 Å². The van der Waals surface area contributed by atoms with Gasteiger partial charge < -0.3 is 10.5 Å². The highest BCUT2D eigenvalue weighted by Crippen LogP contribution is 2.45. The van der Waals surface area contributed by atoms with E-state index < -0.39 is 5.92 Å². The van der Waals surface area contributed by atoms with Crippen molar-refractivity contribution in [3.8, 4) is 6.07 Å². The van der Waals surface area contributed by atoms with E-state index in [2.05, 4.69) is 6.07 Å². The molecule has 3 rings (SSSR count). The maximum Gasteiger partial charge on any atom is 0.205 e. The fourth-order valence-corrected chi connectivity index (χ4v) is 3.81. The fraction of sp³-hybridized carbons (Fsp3) is 0.286. The smallest absolute Gasteiger partial charge is 0.205 e. The minimum Gasteiger partial charge on any atom is -0.444 e. The summed E-state index contributed by atoms with van der Waals surface area (Å²) < 4.78 is 6.11. The van der Waals surface area contributed by atoms with Gasteiger partial charge in [-0.2, -0.15) is 5.26 Å². The fourth-order valence-electron chi connectivity index (χ4n) is 2.62. The van der Waals surface area contributed by atoms with Gasteiger partial charge in [0.25, 0.3) is 0 Å². The number of nitrogens with zero attached hydrogens (tertiary/aromatic N) is 1. The van der Waals surface area contributed by atoms with Crippen molar-refractivity contribution >= 4 is 28.7 Å². The topological polar surface area (TPSA) is 76.1 Å². The summed E-state index contributed by atoms with van der Waals surface area (Å²) in [6, 6.07) is 5.67. The number of carbonyl (C=O) groups is 1. The summed E-state index contributed by atoms with van der Waals surface area (Å²) in [7, 11) is 0. The summed E-state index contributed by atoms with van der Waals surface area (Å²) in [5.41, 5.74) is 6.70. The summed E-state index contributed by atoms with van der Waals surface area (Å²) in [6.45, 7) is 0. The molecule has 0 fully saturated rings. The van der Waals surface area contributed by atoms with Crippen LogP contribution in [-0.2, 0) is 9.53 Å². The lowest BCUT2D eigenvalue weighted by Gasteiger charge is -2.30. The van der Waals surface area contributed by atoms with E-state index in [4.69, 9.17) is 22.1 Å². The molecule has 0 aromatic carbocycles. The van der Waals surface area contributed by atoms with Crippen molar-refractivity contribution in [3.05, 3.63) is 44.1 Å². The molecule has 1 aromatic heterocycles. The Labute approximate surface area is 125 Å². The summed E-state index contributed by atoms with van der Waals surface area (Å²) in [5, 5.41) is 9.35. The molecule has 0 amide bonds. The Morgan fingerprint density at radius 1 is 1.45 bits per heavy atom. The van der Waals surface area contributed by atoms with E-state index in [0.717, 1.165) is 11.3 Å². The Morgan fingerprint density at radius 2 is 2.25 bits per heavy atom. The number of ether oxygens (including phenoxy) is 1. The molecule has 1 aromatic rings. The van der Waals surface area contributed by atoms with Crippen LogP contribution in [0.15, 0.2) is 34.9 Å². The molecular weight excluding hydrogens is 296 g/mol. The van der Waals surface area contributed by atoms with Crippen LogP contribution in [0.5, 0.6) is 0 Å². The van der Waals surface area contributed by atoms with Gasteiger partial charge in [0, 0.05) is 23.3 Å². The minimum atomic E-state index is -0.436. The molecule has 0 bridgehead atoms. The maximum atomic E-state index is 12.2.